The highest BCUT2D eigenvalue weighted by Crippen LogP contribution is 2.31. The Morgan fingerprint density at radius 2 is 2.06 bits per heavy atom. The normalized spacial score (nSPS) is 15.8. The number of aryl methyl sites for hydroxylation is 1. The zero-order chi connectivity index (χ0) is 12.4. The van der Waals surface area contributed by atoms with Gasteiger partial charge in [0.05, 0.1) is 0 Å². The third kappa shape index (κ3) is 3.47. The lowest BCUT2D eigenvalue weighted by Crippen LogP contribution is -2.32. The van der Waals surface area contributed by atoms with Crippen LogP contribution in [0.5, 0.6) is 0 Å². The van der Waals surface area contributed by atoms with E-state index in [1.807, 2.05) is 0 Å². The molecular weight excluding hydrogens is 208 g/mol. The molecule has 0 heterocycles. The van der Waals surface area contributed by atoms with Gasteiger partial charge in [-0.3, -0.25) is 4.90 Å². The lowest BCUT2D eigenvalue weighted by molar-refractivity contribution is 0.204. The molecule has 2 rings (SSSR count). The predicted molar refractivity (Wildman–Crippen MR) is 73.9 cm³/mol. The fourth-order valence-electron chi connectivity index (χ4n) is 2.11. The quantitative estimate of drug-likeness (QED) is 0.790. The summed E-state index contributed by atoms with van der Waals surface area (Å²) in [5.74, 6) is 0.945. The van der Waals surface area contributed by atoms with Crippen molar-refractivity contribution in [2.24, 2.45) is 5.92 Å². The molecule has 0 bridgehead atoms. The van der Waals surface area contributed by atoms with Gasteiger partial charge in [0.15, 0.2) is 0 Å². The Bertz CT molecular complexity index is 381. The number of rotatable bonds is 5. The molecule has 0 aliphatic heterocycles. The molecule has 0 amide bonds. The summed E-state index contributed by atoms with van der Waals surface area (Å²) in [5, 5.41) is 0. The van der Waals surface area contributed by atoms with Gasteiger partial charge in [0.2, 0.25) is 0 Å². The van der Waals surface area contributed by atoms with Gasteiger partial charge in [0.1, 0.15) is 0 Å². The molecule has 1 saturated carbocycles. The lowest BCUT2D eigenvalue weighted by Gasteiger charge is -2.26. The Morgan fingerprint density at radius 1 is 1.35 bits per heavy atom. The molecule has 2 nitrogen and oxygen atoms in total. The van der Waals surface area contributed by atoms with Crippen LogP contribution in [0, 0.1) is 12.8 Å². The minimum absolute atomic E-state index is 0.609. The first-order valence-electron chi connectivity index (χ1n) is 6.65. The van der Waals surface area contributed by atoms with Crippen molar-refractivity contribution >= 4 is 5.69 Å². The van der Waals surface area contributed by atoms with Crippen molar-refractivity contribution < 1.29 is 0 Å². The first kappa shape index (κ1) is 12.4. The molecule has 0 spiro atoms. The molecule has 0 saturated heterocycles. The second-order valence-corrected chi connectivity index (χ2v) is 5.66. The van der Waals surface area contributed by atoms with E-state index in [0.29, 0.717) is 6.04 Å². The fourth-order valence-corrected chi connectivity index (χ4v) is 2.11. The summed E-state index contributed by atoms with van der Waals surface area (Å²) < 4.78 is 0. The van der Waals surface area contributed by atoms with E-state index in [-0.39, 0.29) is 0 Å². The van der Waals surface area contributed by atoms with Crippen molar-refractivity contribution in [2.75, 3.05) is 12.3 Å². The first-order valence-corrected chi connectivity index (χ1v) is 6.65. The minimum Gasteiger partial charge on any atom is -0.399 e. The first-order chi connectivity index (χ1) is 8.06. The van der Waals surface area contributed by atoms with Crippen LogP contribution in [0.4, 0.5) is 5.69 Å². The van der Waals surface area contributed by atoms with E-state index in [0.717, 1.165) is 18.2 Å². The van der Waals surface area contributed by atoms with Crippen molar-refractivity contribution in [1.29, 1.82) is 0 Å². The summed E-state index contributed by atoms with van der Waals surface area (Å²) in [7, 11) is 0. The summed E-state index contributed by atoms with van der Waals surface area (Å²) in [5.41, 5.74) is 9.39. The van der Waals surface area contributed by atoms with Crippen LogP contribution < -0.4 is 5.73 Å². The molecular formula is C15H24N2. The number of hydrogen-bond acceptors (Lipinski definition) is 2. The van der Waals surface area contributed by atoms with Crippen molar-refractivity contribution in [1.82, 2.24) is 4.90 Å². The van der Waals surface area contributed by atoms with Crippen LogP contribution >= 0.6 is 0 Å². The number of nitrogens with two attached hydrogens (primary N) is 1. The molecule has 0 atom stereocenters. The topological polar surface area (TPSA) is 29.3 Å². The van der Waals surface area contributed by atoms with Gasteiger partial charge in [0.25, 0.3) is 0 Å². The Kier molecular flexibility index (Phi) is 3.72. The van der Waals surface area contributed by atoms with Crippen LogP contribution in [0.25, 0.3) is 0 Å². The maximum absolute atomic E-state index is 5.97. The highest BCUT2D eigenvalue weighted by molar-refractivity contribution is 5.48. The molecule has 94 valence electrons. The molecule has 17 heavy (non-hydrogen) atoms. The SMILES string of the molecule is Cc1ccc(CN(CC2CC2)C(C)C)cc1N. The monoisotopic (exact) mass is 232 g/mol. The molecule has 1 aliphatic carbocycles. The molecule has 1 aromatic rings. The average Bonchev–Trinajstić information content (AvgIpc) is 3.06. The zero-order valence-corrected chi connectivity index (χ0v) is 11.2. The smallest absolute Gasteiger partial charge is 0.0346 e. The van der Waals surface area contributed by atoms with Gasteiger partial charge in [-0.2, -0.15) is 0 Å². The van der Waals surface area contributed by atoms with Gasteiger partial charge in [-0.25, -0.2) is 0 Å². The summed E-state index contributed by atoms with van der Waals surface area (Å²) in [6.45, 7) is 8.88. The second-order valence-electron chi connectivity index (χ2n) is 5.66. The molecule has 0 unspecified atom stereocenters. The van der Waals surface area contributed by atoms with Crippen LogP contribution in [-0.4, -0.2) is 17.5 Å². The van der Waals surface area contributed by atoms with Crippen LogP contribution in [0.2, 0.25) is 0 Å². The number of benzene rings is 1. The number of nitrogens with zero attached hydrogens (tertiary/aromatic N) is 1. The maximum atomic E-state index is 5.97. The van der Waals surface area contributed by atoms with Gasteiger partial charge in [-0.05, 0) is 56.7 Å². The van der Waals surface area contributed by atoms with Crippen molar-refractivity contribution in [3.63, 3.8) is 0 Å². The molecule has 0 aromatic heterocycles. The van der Waals surface area contributed by atoms with Crippen LogP contribution in [-0.2, 0) is 6.54 Å². The zero-order valence-electron chi connectivity index (χ0n) is 11.2. The maximum Gasteiger partial charge on any atom is 0.0346 e. The van der Waals surface area contributed by atoms with E-state index >= 15 is 0 Å². The molecule has 1 fully saturated rings. The Hall–Kier alpha value is -1.02. The fraction of sp³-hybridized carbons (Fsp3) is 0.600. The lowest BCUT2D eigenvalue weighted by atomic mass is 10.1. The minimum atomic E-state index is 0.609. The standard InChI is InChI=1S/C15H24N2/c1-11(2)17(9-13-6-7-13)10-14-5-4-12(3)15(16)8-14/h4-5,8,11,13H,6-7,9-10,16H2,1-3H3. The summed E-state index contributed by atoms with van der Waals surface area (Å²) in [6, 6.07) is 7.06. The van der Waals surface area contributed by atoms with E-state index in [1.54, 1.807) is 0 Å². The highest BCUT2D eigenvalue weighted by atomic mass is 15.1. The largest absolute Gasteiger partial charge is 0.399 e. The van der Waals surface area contributed by atoms with Crippen molar-refractivity contribution in [3.05, 3.63) is 29.3 Å². The van der Waals surface area contributed by atoms with Crippen LogP contribution in [0.1, 0.15) is 37.8 Å². The van der Waals surface area contributed by atoms with Gasteiger partial charge in [0, 0.05) is 24.8 Å². The van der Waals surface area contributed by atoms with E-state index in [2.05, 4.69) is 43.9 Å². The molecule has 1 aromatic carbocycles. The molecule has 2 heteroatoms. The van der Waals surface area contributed by atoms with Gasteiger partial charge in [-0.15, -0.1) is 0 Å². The van der Waals surface area contributed by atoms with Crippen molar-refractivity contribution in [2.45, 2.75) is 46.2 Å². The average molecular weight is 232 g/mol. The van der Waals surface area contributed by atoms with Crippen LogP contribution in [0.15, 0.2) is 18.2 Å². The Morgan fingerprint density at radius 3 is 2.59 bits per heavy atom. The van der Waals surface area contributed by atoms with Gasteiger partial charge in [-0.1, -0.05) is 12.1 Å². The van der Waals surface area contributed by atoms with Crippen LogP contribution in [0.3, 0.4) is 0 Å². The molecule has 1 aliphatic rings. The predicted octanol–water partition coefficient (Wildman–Crippen LogP) is 3.20. The number of nitrogen functional groups attached to an aromatic ring is 1. The highest BCUT2D eigenvalue weighted by Gasteiger charge is 2.25. The summed E-state index contributed by atoms with van der Waals surface area (Å²) in [4.78, 5) is 2.56. The van der Waals surface area contributed by atoms with E-state index < -0.39 is 0 Å². The van der Waals surface area contributed by atoms with E-state index in [4.69, 9.17) is 5.73 Å². The Balaban J connectivity index is 2.02. The van der Waals surface area contributed by atoms with E-state index in [1.165, 1.54) is 30.5 Å². The van der Waals surface area contributed by atoms with Crippen molar-refractivity contribution in [3.8, 4) is 0 Å². The third-order valence-electron chi connectivity index (χ3n) is 3.65. The Labute approximate surface area is 105 Å². The summed E-state index contributed by atoms with van der Waals surface area (Å²) in [6.07, 6.45) is 2.83. The van der Waals surface area contributed by atoms with Gasteiger partial charge >= 0.3 is 0 Å². The molecule has 0 radical (unpaired) electrons. The molecule has 2 N–H and O–H groups in total. The number of hydrogen-bond donors (Lipinski definition) is 1. The third-order valence-corrected chi connectivity index (χ3v) is 3.65. The number of anilines is 1. The van der Waals surface area contributed by atoms with E-state index in [9.17, 15) is 0 Å². The van der Waals surface area contributed by atoms with Gasteiger partial charge < -0.3 is 5.73 Å². The second kappa shape index (κ2) is 5.09. The summed E-state index contributed by atoms with van der Waals surface area (Å²) >= 11 is 0.